The zero-order valence-electron chi connectivity index (χ0n) is 28.4. The van der Waals surface area contributed by atoms with E-state index in [4.69, 9.17) is 4.74 Å². The monoisotopic (exact) mass is 683 g/mol. The zero-order chi connectivity index (χ0) is 34.8. The Morgan fingerprint density at radius 3 is 2.18 bits per heavy atom. The molecule has 5 aliphatic heterocycles. The van der Waals surface area contributed by atoms with E-state index in [1.54, 1.807) is 17.0 Å². The van der Waals surface area contributed by atoms with Gasteiger partial charge in [0.1, 0.15) is 18.7 Å². The van der Waals surface area contributed by atoms with Crippen molar-refractivity contribution in [3.63, 3.8) is 0 Å². The number of hydrogen-bond donors (Lipinski definition) is 1. The van der Waals surface area contributed by atoms with Gasteiger partial charge in [-0.05, 0) is 93.4 Å². The molecule has 2 aromatic rings. The number of fused-ring (bicyclic) bond motifs is 1. The Bertz CT molecular complexity index is 1650. The van der Waals surface area contributed by atoms with E-state index in [1.807, 2.05) is 41.3 Å². The quantitative estimate of drug-likeness (QED) is 0.431. The standard InChI is InChI=1S/C38H45N5O7/c44-33-12-11-31(34(45)39-33)43-35(46)29-10-9-28(23-30(29)36(43)47)40-18-13-25(14-19-40)22-26-15-20-41(21-16-26)37(48)32-8-4-5-17-42(32)38(49)50-24-27-6-2-1-3-7-27/h1-3,6-7,9-10,23,25-26,31-32H,4-5,8,11-22,24H2,(H,39,44,45). The lowest BCUT2D eigenvalue weighted by atomic mass is 9.82. The van der Waals surface area contributed by atoms with E-state index in [1.165, 1.54) is 0 Å². The van der Waals surface area contributed by atoms with Crippen molar-refractivity contribution in [1.29, 1.82) is 0 Å². The van der Waals surface area contributed by atoms with Crippen molar-refractivity contribution in [1.82, 2.24) is 20.0 Å². The van der Waals surface area contributed by atoms with Crippen molar-refractivity contribution >= 4 is 41.3 Å². The van der Waals surface area contributed by atoms with Crippen LogP contribution in [0.15, 0.2) is 48.5 Å². The van der Waals surface area contributed by atoms with Crippen LogP contribution in [0, 0.1) is 11.8 Å². The molecule has 50 heavy (non-hydrogen) atoms. The van der Waals surface area contributed by atoms with Crippen LogP contribution in [0.1, 0.15) is 90.5 Å². The van der Waals surface area contributed by atoms with Crippen LogP contribution < -0.4 is 10.2 Å². The number of ether oxygens (including phenoxy) is 1. The molecule has 12 nitrogen and oxygen atoms in total. The molecule has 5 heterocycles. The van der Waals surface area contributed by atoms with Crippen molar-refractivity contribution in [2.75, 3.05) is 37.6 Å². The summed E-state index contributed by atoms with van der Waals surface area (Å²) < 4.78 is 5.59. The SMILES string of the molecule is O=C1CCC(N2C(=O)c3ccc(N4CCC(CC5CCN(C(=O)C6CCCCN6C(=O)OCc6ccccc6)CC5)CC4)cc3C2=O)C(=O)N1. The number of likely N-dealkylation sites (tertiary alicyclic amines) is 2. The maximum Gasteiger partial charge on any atom is 0.410 e. The first-order valence-electron chi connectivity index (χ1n) is 18.1. The van der Waals surface area contributed by atoms with Gasteiger partial charge in [-0.2, -0.15) is 0 Å². The van der Waals surface area contributed by atoms with Gasteiger partial charge in [-0.15, -0.1) is 0 Å². The van der Waals surface area contributed by atoms with Crippen molar-refractivity contribution < 1.29 is 33.5 Å². The third-order valence-corrected chi connectivity index (χ3v) is 11.2. The highest BCUT2D eigenvalue weighted by Gasteiger charge is 2.45. The second kappa shape index (κ2) is 14.6. The Morgan fingerprint density at radius 1 is 0.760 bits per heavy atom. The lowest BCUT2D eigenvalue weighted by molar-refractivity contribution is -0.139. The van der Waals surface area contributed by atoms with Gasteiger partial charge in [0.25, 0.3) is 11.8 Å². The largest absolute Gasteiger partial charge is 0.445 e. The van der Waals surface area contributed by atoms with Crippen LogP contribution in [0.25, 0.3) is 0 Å². The van der Waals surface area contributed by atoms with Crippen molar-refractivity contribution in [3.05, 3.63) is 65.2 Å². The average Bonchev–Trinajstić information content (AvgIpc) is 3.39. The molecule has 0 bridgehead atoms. The maximum absolute atomic E-state index is 13.6. The molecule has 0 aromatic heterocycles. The topological polar surface area (TPSA) is 137 Å². The molecule has 0 radical (unpaired) electrons. The number of rotatable bonds is 7. The summed E-state index contributed by atoms with van der Waals surface area (Å²) in [5.74, 6) is -0.806. The Labute approximate surface area is 292 Å². The van der Waals surface area contributed by atoms with Gasteiger partial charge in [0.2, 0.25) is 17.7 Å². The number of hydrogen-bond acceptors (Lipinski definition) is 8. The molecule has 264 valence electrons. The molecular formula is C38H45N5O7. The van der Waals surface area contributed by atoms with E-state index < -0.39 is 41.8 Å². The number of nitrogens with zero attached hydrogens (tertiary/aromatic N) is 4. The van der Waals surface area contributed by atoms with Gasteiger partial charge in [0, 0.05) is 44.8 Å². The molecule has 0 saturated carbocycles. The predicted octanol–water partition coefficient (Wildman–Crippen LogP) is 4.12. The van der Waals surface area contributed by atoms with Crippen molar-refractivity contribution in [2.24, 2.45) is 11.8 Å². The molecule has 7 rings (SSSR count). The third kappa shape index (κ3) is 6.97. The summed E-state index contributed by atoms with van der Waals surface area (Å²) in [6.45, 7) is 3.85. The molecular weight excluding hydrogens is 638 g/mol. The molecule has 5 aliphatic rings. The van der Waals surface area contributed by atoms with Crippen molar-refractivity contribution in [2.45, 2.75) is 82.9 Å². The normalized spacial score (nSPS) is 23.6. The summed E-state index contributed by atoms with van der Waals surface area (Å²) >= 11 is 0. The average molecular weight is 684 g/mol. The van der Waals surface area contributed by atoms with Crippen LogP contribution in [0.5, 0.6) is 0 Å². The number of carbonyl (C=O) groups excluding carboxylic acids is 6. The molecule has 6 amide bonds. The molecule has 4 fully saturated rings. The Hall–Kier alpha value is -4.74. The number of piperidine rings is 4. The van der Waals surface area contributed by atoms with E-state index in [0.29, 0.717) is 49.0 Å². The Morgan fingerprint density at radius 2 is 1.46 bits per heavy atom. The lowest BCUT2D eigenvalue weighted by Crippen LogP contribution is -2.54. The molecule has 12 heteroatoms. The molecule has 2 atom stereocenters. The fourth-order valence-corrected chi connectivity index (χ4v) is 8.36. The highest BCUT2D eigenvalue weighted by molar-refractivity contribution is 6.23. The zero-order valence-corrected chi connectivity index (χ0v) is 28.4. The highest BCUT2D eigenvalue weighted by Crippen LogP contribution is 2.35. The number of amides is 6. The molecule has 2 aromatic carbocycles. The van der Waals surface area contributed by atoms with Gasteiger partial charge in [-0.25, -0.2) is 4.79 Å². The van der Waals surface area contributed by atoms with E-state index in [2.05, 4.69) is 10.2 Å². The second-order valence-electron chi connectivity index (χ2n) is 14.4. The summed E-state index contributed by atoms with van der Waals surface area (Å²) in [6, 6.07) is 13.5. The first kappa shape index (κ1) is 33.7. The number of carbonyl (C=O) groups is 6. The van der Waals surface area contributed by atoms with Crippen LogP contribution in [0.2, 0.25) is 0 Å². The maximum atomic E-state index is 13.6. The summed E-state index contributed by atoms with van der Waals surface area (Å²) in [4.78, 5) is 83.9. The first-order valence-corrected chi connectivity index (χ1v) is 18.1. The van der Waals surface area contributed by atoms with Crippen molar-refractivity contribution in [3.8, 4) is 0 Å². The summed E-state index contributed by atoms with van der Waals surface area (Å²) in [6.07, 6.45) is 7.37. The van der Waals surface area contributed by atoms with E-state index in [-0.39, 0.29) is 25.4 Å². The predicted molar refractivity (Wildman–Crippen MR) is 183 cm³/mol. The summed E-state index contributed by atoms with van der Waals surface area (Å²) in [7, 11) is 0. The van der Waals surface area contributed by atoms with Gasteiger partial charge in [-0.3, -0.25) is 39.1 Å². The summed E-state index contributed by atoms with van der Waals surface area (Å²) in [5.41, 5.74) is 2.41. The number of benzene rings is 2. The van der Waals surface area contributed by atoms with Crippen LogP contribution in [-0.2, 0) is 25.7 Å². The van der Waals surface area contributed by atoms with Crippen LogP contribution >= 0.6 is 0 Å². The fourth-order valence-electron chi connectivity index (χ4n) is 8.36. The molecule has 0 aliphatic carbocycles. The molecule has 2 unspecified atom stereocenters. The smallest absolute Gasteiger partial charge is 0.410 e. The van der Waals surface area contributed by atoms with Gasteiger partial charge >= 0.3 is 6.09 Å². The molecule has 0 spiro atoms. The Balaban J connectivity index is 0.874. The van der Waals surface area contributed by atoms with E-state index in [9.17, 15) is 28.8 Å². The summed E-state index contributed by atoms with van der Waals surface area (Å²) in [5, 5.41) is 2.24. The van der Waals surface area contributed by atoms with Gasteiger partial charge < -0.3 is 14.5 Å². The van der Waals surface area contributed by atoms with Gasteiger partial charge in [0.15, 0.2) is 0 Å². The highest BCUT2D eigenvalue weighted by atomic mass is 16.6. The van der Waals surface area contributed by atoms with Gasteiger partial charge in [-0.1, -0.05) is 30.3 Å². The first-order chi connectivity index (χ1) is 24.3. The number of anilines is 1. The van der Waals surface area contributed by atoms with Crippen LogP contribution in [0.4, 0.5) is 10.5 Å². The minimum absolute atomic E-state index is 0.0443. The number of nitrogens with one attached hydrogen (secondary N) is 1. The van der Waals surface area contributed by atoms with Crippen LogP contribution in [-0.4, -0.2) is 95.1 Å². The van der Waals surface area contributed by atoms with Crippen LogP contribution in [0.3, 0.4) is 0 Å². The molecule has 4 saturated heterocycles. The van der Waals surface area contributed by atoms with E-state index in [0.717, 1.165) is 74.2 Å². The minimum Gasteiger partial charge on any atom is -0.445 e. The third-order valence-electron chi connectivity index (χ3n) is 11.2. The minimum atomic E-state index is -0.972. The number of imide groups is 2. The Kier molecular flexibility index (Phi) is 9.87. The van der Waals surface area contributed by atoms with E-state index >= 15 is 0 Å². The van der Waals surface area contributed by atoms with Gasteiger partial charge in [0.05, 0.1) is 11.1 Å². The second-order valence-corrected chi connectivity index (χ2v) is 14.4. The fraction of sp³-hybridized carbons (Fsp3) is 0.526. The molecule has 1 N–H and O–H groups in total. The lowest BCUT2D eigenvalue weighted by Gasteiger charge is -2.40.